The topological polar surface area (TPSA) is 213 Å². The van der Waals surface area contributed by atoms with E-state index in [2.05, 4.69) is 20.9 Å². The largest absolute Gasteiger partial charge is 0.480 e. The zero-order valence-corrected chi connectivity index (χ0v) is 21.2. The minimum absolute atomic E-state index is 0.252. The molecule has 1 aromatic carbocycles. The van der Waals surface area contributed by atoms with Crippen molar-refractivity contribution in [2.24, 2.45) is 17.4 Å². The van der Waals surface area contributed by atoms with Crippen LogP contribution in [0.2, 0.25) is 0 Å². The van der Waals surface area contributed by atoms with Crippen LogP contribution in [0.1, 0.15) is 38.7 Å². The van der Waals surface area contributed by atoms with E-state index in [1.165, 1.54) is 0 Å². The predicted octanol–water partition coefficient (Wildman–Crippen LogP) is -0.646. The van der Waals surface area contributed by atoms with Crippen LogP contribution in [-0.2, 0) is 25.6 Å². The highest BCUT2D eigenvalue weighted by atomic mass is 16.4. The molecule has 4 atom stereocenters. The third-order valence-electron chi connectivity index (χ3n) is 6.08. The Labute approximate surface area is 215 Å². The summed E-state index contributed by atoms with van der Waals surface area (Å²) in [5, 5.41) is 26.8. The Bertz CT molecular complexity index is 1070. The Morgan fingerprint density at radius 2 is 1.65 bits per heavy atom. The van der Waals surface area contributed by atoms with Gasteiger partial charge in [0.2, 0.25) is 17.7 Å². The average molecular weight is 519 g/mol. The second-order valence-electron chi connectivity index (χ2n) is 9.33. The van der Waals surface area contributed by atoms with Crippen LogP contribution >= 0.6 is 0 Å². The first-order valence-electron chi connectivity index (χ1n) is 12.3. The zero-order valence-electron chi connectivity index (χ0n) is 21.2. The van der Waals surface area contributed by atoms with Crippen LogP contribution in [0.5, 0.6) is 0 Å². The van der Waals surface area contributed by atoms with Crippen molar-refractivity contribution in [2.45, 2.75) is 63.7 Å². The van der Waals surface area contributed by atoms with Crippen molar-refractivity contribution in [1.29, 1.82) is 0 Å². The molecule has 1 aromatic heterocycles. The minimum atomic E-state index is -1.51. The van der Waals surface area contributed by atoms with Crippen LogP contribution < -0.4 is 27.4 Å². The number of aromatic amines is 1. The van der Waals surface area contributed by atoms with E-state index in [1.54, 1.807) is 20.0 Å². The third kappa shape index (κ3) is 8.55. The van der Waals surface area contributed by atoms with Crippen LogP contribution in [-0.4, -0.2) is 76.2 Å². The summed E-state index contributed by atoms with van der Waals surface area (Å²) in [5.74, 6) is -3.68. The molecule has 0 aliphatic rings. The molecule has 10 N–H and O–H groups in total. The number of nitrogens with one attached hydrogen (secondary N) is 4. The van der Waals surface area contributed by atoms with Gasteiger partial charge >= 0.3 is 5.97 Å². The lowest BCUT2D eigenvalue weighted by Crippen LogP contribution is -2.58. The number of para-hydroxylation sites is 1. The number of benzene rings is 1. The molecule has 0 fully saturated rings. The molecule has 2 rings (SSSR count). The first kappa shape index (κ1) is 29.7. The van der Waals surface area contributed by atoms with Gasteiger partial charge in [-0.15, -0.1) is 0 Å². The normalized spacial score (nSPS) is 14.5. The third-order valence-corrected chi connectivity index (χ3v) is 6.08. The number of nitrogens with two attached hydrogens (primary N) is 2. The van der Waals surface area contributed by atoms with E-state index in [1.807, 2.05) is 24.3 Å². The van der Waals surface area contributed by atoms with Crippen molar-refractivity contribution in [3.05, 3.63) is 36.0 Å². The molecule has 0 aliphatic carbocycles. The number of carboxylic acid groups (broad SMARTS) is 1. The number of rotatable bonds is 15. The average Bonchev–Trinajstić information content (AvgIpc) is 3.27. The fourth-order valence-electron chi connectivity index (χ4n) is 3.91. The zero-order chi connectivity index (χ0) is 27.5. The number of H-pyrrole nitrogens is 1. The highest BCUT2D eigenvalue weighted by Crippen LogP contribution is 2.19. The van der Waals surface area contributed by atoms with Crippen LogP contribution in [0, 0.1) is 5.92 Å². The van der Waals surface area contributed by atoms with Crippen molar-refractivity contribution in [3.63, 3.8) is 0 Å². The van der Waals surface area contributed by atoms with Crippen LogP contribution in [0.15, 0.2) is 30.5 Å². The Kier molecular flexibility index (Phi) is 11.5. The van der Waals surface area contributed by atoms with E-state index in [-0.39, 0.29) is 12.8 Å². The lowest BCUT2D eigenvalue weighted by molar-refractivity contribution is -0.143. The lowest BCUT2D eigenvalue weighted by atomic mass is 10.0. The number of aliphatic hydroxyl groups is 1. The van der Waals surface area contributed by atoms with E-state index in [0.29, 0.717) is 19.4 Å². The van der Waals surface area contributed by atoms with Crippen molar-refractivity contribution in [2.75, 3.05) is 13.2 Å². The minimum Gasteiger partial charge on any atom is -0.480 e. The summed E-state index contributed by atoms with van der Waals surface area (Å²) in [6, 6.07) is 3.15. The Hall–Kier alpha value is -3.48. The van der Waals surface area contributed by atoms with Crippen molar-refractivity contribution < 1.29 is 29.4 Å². The number of hydrogen-bond donors (Lipinski definition) is 8. The van der Waals surface area contributed by atoms with Crippen LogP contribution in [0.25, 0.3) is 10.9 Å². The number of carbonyl (C=O) groups excluding carboxylic acids is 3. The van der Waals surface area contributed by atoms with Crippen LogP contribution in [0.3, 0.4) is 0 Å². The van der Waals surface area contributed by atoms with Gasteiger partial charge in [0.15, 0.2) is 0 Å². The molecule has 12 heteroatoms. The van der Waals surface area contributed by atoms with Gasteiger partial charge in [-0.2, -0.15) is 0 Å². The summed E-state index contributed by atoms with van der Waals surface area (Å²) < 4.78 is 0. The number of carbonyl (C=O) groups is 4. The molecule has 0 spiro atoms. The van der Waals surface area contributed by atoms with E-state index < -0.39 is 60.4 Å². The quantitative estimate of drug-likeness (QED) is 0.142. The number of aromatic nitrogens is 1. The van der Waals surface area contributed by atoms with E-state index in [0.717, 1.165) is 16.5 Å². The molecular weight excluding hydrogens is 480 g/mol. The van der Waals surface area contributed by atoms with Gasteiger partial charge in [-0.1, -0.05) is 32.0 Å². The van der Waals surface area contributed by atoms with Crippen molar-refractivity contribution >= 4 is 34.6 Å². The first-order chi connectivity index (χ1) is 17.6. The maximum Gasteiger partial charge on any atom is 0.328 e. The Morgan fingerprint density at radius 1 is 0.973 bits per heavy atom. The SMILES string of the molecule is CC(C)C(NC(=O)C(CCCCN)NC(=O)C(N)Cc1c[nH]c2ccccc12)C(=O)NC(CO)C(=O)O. The number of carboxylic acids is 1. The second-order valence-corrected chi connectivity index (χ2v) is 9.33. The van der Waals surface area contributed by atoms with Gasteiger partial charge < -0.3 is 42.6 Å². The maximum absolute atomic E-state index is 13.1. The summed E-state index contributed by atoms with van der Waals surface area (Å²) in [6.07, 6.45) is 3.51. The number of hydrogen-bond acceptors (Lipinski definition) is 7. The molecular formula is C25H38N6O6. The van der Waals surface area contributed by atoms with Crippen molar-refractivity contribution in [3.8, 4) is 0 Å². The fraction of sp³-hybridized carbons (Fsp3) is 0.520. The fourth-order valence-corrected chi connectivity index (χ4v) is 3.91. The molecule has 4 unspecified atom stereocenters. The van der Waals surface area contributed by atoms with Crippen molar-refractivity contribution in [1.82, 2.24) is 20.9 Å². The summed E-state index contributed by atoms with van der Waals surface area (Å²) in [7, 11) is 0. The van der Waals surface area contributed by atoms with E-state index in [9.17, 15) is 24.3 Å². The highest BCUT2D eigenvalue weighted by molar-refractivity contribution is 5.94. The summed E-state index contributed by atoms with van der Waals surface area (Å²) in [6.45, 7) is 2.97. The summed E-state index contributed by atoms with van der Waals surface area (Å²) in [5.41, 5.74) is 13.5. The van der Waals surface area contributed by atoms with Gasteiger partial charge in [0.05, 0.1) is 12.6 Å². The second kappa shape index (κ2) is 14.3. The number of fused-ring (bicyclic) bond motifs is 1. The molecule has 0 saturated carbocycles. The van der Waals surface area contributed by atoms with Gasteiger partial charge in [-0.25, -0.2) is 4.79 Å². The lowest BCUT2D eigenvalue weighted by Gasteiger charge is -2.27. The molecule has 37 heavy (non-hydrogen) atoms. The molecule has 0 saturated heterocycles. The molecule has 2 aromatic rings. The monoisotopic (exact) mass is 518 g/mol. The molecule has 12 nitrogen and oxygen atoms in total. The Morgan fingerprint density at radius 3 is 2.27 bits per heavy atom. The predicted molar refractivity (Wildman–Crippen MR) is 138 cm³/mol. The number of unbranched alkanes of at least 4 members (excludes halogenated alkanes) is 1. The van der Waals surface area contributed by atoms with E-state index >= 15 is 0 Å². The van der Waals surface area contributed by atoms with Gasteiger partial charge in [0, 0.05) is 17.1 Å². The smallest absolute Gasteiger partial charge is 0.328 e. The van der Waals surface area contributed by atoms with Gasteiger partial charge in [-0.05, 0) is 49.8 Å². The number of aliphatic carboxylic acids is 1. The van der Waals surface area contributed by atoms with Gasteiger partial charge in [0.25, 0.3) is 0 Å². The molecule has 0 radical (unpaired) electrons. The molecule has 3 amide bonds. The van der Waals surface area contributed by atoms with Gasteiger partial charge in [0.1, 0.15) is 18.1 Å². The number of amides is 3. The number of aliphatic hydroxyl groups excluding tert-OH is 1. The standard InChI is InChI=1S/C25H38N6O6/c1-14(2)21(24(35)30-20(13-32)25(36)37)31-23(34)19(9-5-6-10-26)29-22(33)17(27)11-15-12-28-18-8-4-3-7-16(15)18/h3-4,7-8,12,14,17,19-21,28,32H,5-6,9-11,13,26-27H2,1-2H3,(H,29,33)(H,30,35)(H,31,34)(H,36,37). The molecule has 0 aliphatic heterocycles. The molecule has 1 heterocycles. The Balaban J connectivity index is 2.10. The highest BCUT2D eigenvalue weighted by Gasteiger charge is 2.31. The van der Waals surface area contributed by atoms with Gasteiger partial charge in [-0.3, -0.25) is 14.4 Å². The van der Waals surface area contributed by atoms with Crippen LogP contribution in [0.4, 0.5) is 0 Å². The maximum atomic E-state index is 13.1. The first-order valence-corrected chi connectivity index (χ1v) is 12.3. The summed E-state index contributed by atoms with van der Waals surface area (Å²) in [4.78, 5) is 53.1. The molecule has 204 valence electrons. The summed E-state index contributed by atoms with van der Waals surface area (Å²) >= 11 is 0. The van der Waals surface area contributed by atoms with E-state index in [4.69, 9.17) is 16.6 Å². The molecule has 0 bridgehead atoms.